The summed E-state index contributed by atoms with van der Waals surface area (Å²) >= 11 is 6.29. The van der Waals surface area contributed by atoms with Crippen LogP contribution >= 0.6 is 19.4 Å². The molecule has 1 aromatic heterocycles. The molecule has 180 valence electrons. The largest absolute Gasteiger partial charge is 0.524 e. The SMILES string of the molecule is CC(=O)Nc1ccc2[nH]c(C(=O)N3C[C@@H](CCl)c4c3cc(OP(=O)(O)O)c3ccccc43)cc2c1. The Morgan fingerprint density at radius 1 is 1.17 bits per heavy atom. The summed E-state index contributed by atoms with van der Waals surface area (Å²) in [5.41, 5.74) is 2.97. The van der Waals surface area contributed by atoms with Gasteiger partial charge in [-0.1, -0.05) is 24.3 Å². The first kappa shape index (κ1) is 23.4. The van der Waals surface area contributed by atoms with Crippen LogP contribution in [0.25, 0.3) is 21.7 Å². The maximum Gasteiger partial charge on any atom is 0.524 e. The molecular formula is C24H21ClN3O6P. The van der Waals surface area contributed by atoms with Crippen molar-refractivity contribution in [2.24, 2.45) is 0 Å². The molecule has 11 heteroatoms. The average Bonchev–Trinajstić information content (AvgIpc) is 3.38. The van der Waals surface area contributed by atoms with E-state index in [-0.39, 0.29) is 29.4 Å². The van der Waals surface area contributed by atoms with Crippen molar-refractivity contribution in [3.8, 4) is 5.75 Å². The highest BCUT2D eigenvalue weighted by Crippen LogP contribution is 2.49. The van der Waals surface area contributed by atoms with Crippen LogP contribution in [0.3, 0.4) is 0 Å². The molecule has 0 spiro atoms. The summed E-state index contributed by atoms with van der Waals surface area (Å²) in [7, 11) is -4.84. The van der Waals surface area contributed by atoms with Crippen LogP contribution in [0.5, 0.6) is 5.75 Å². The summed E-state index contributed by atoms with van der Waals surface area (Å²) in [5, 5.41) is 4.70. The van der Waals surface area contributed by atoms with Crippen LogP contribution in [0.1, 0.15) is 28.9 Å². The molecule has 0 bridgehead atoms. The van der Waals surface area contributed by atoms with Gasteiger partial charge in [0.15, 0.2) is 0 Å². The van der Waals surface area contributed by atoms with Gasteiger partial charge in [-0.05, 0) is 35.2 Å². The van der Waals surface area contributed by atoms with Gasteiger partial charge < -0.3 is 19.7 Å². The Morgan fingerprint density at radius 3 is 2.60 bits per heavy atom. The third kappa shape index (κ3) is 4.39. The molecule has 0 saturated heterocycles. The van der Waals surface area contributed by atoms with Crippen molar-refractivity contribution in [2.45, 2.75) is 12.8 Å². The average molecular weight is 514 g/mol. The Morgan fingerprint density at radius 2 is 1.91 bits per heavy atom. The molecular weight excluding hydrogens is 493 g/mol. The lowest BCUT2D eigenvalue weighted by Gasteiger charge is -2.19. The van der Waals surface area contributed by atoms with Crippen LogP contribution in [0.2, 0.25) is 0 Å². The van der Waals surface area contributed by atoms with Crippen molar-refractivity contribution >= 4 is 64.3 Å². The predicted octanol–water partition coefficient (Wildman–Crippen LogP) is 4.73. The molecule has 0 saturated carbocycles. The van der Waals surface area contributed by atoms with Crippen LogP contribution in [0.15, 0.2) is 54.6 Å². The maximum absolute atomic E-state index is 13.6. The zero-order chi connectivity index (χ0) is 24.9. The number of hydrogen-bond donors (Lipinski definition) is 4. The molecule has 2 heterocycles. The summed E-state index contributed by atoms with van der Waals surface area (Å²) in [6.07, 6.45) is 0. The number of rotatable bonds is 5. The number of phosphoric ester groups is 1. The van der Waals surface area contributed by atoms with Crippen molar-refractivity contribution in [3.05, 3.63) is 65.9 Å². The van der Waals surface area contributed by atoms with E-state index in [1.165, 1.54) is 13.0 Å². The number of carbonyl (C=O) groups is 2. The number of aromatic amines is 1. The number of fused-ring (bicyclic) bond motifs is 4. The van der Waals surface area contributed by atoms with E-state index in [1.54, 1.807) is 41.3 Å². The summed E-state index contributed by atoms with van der Waals surface area (Å²) in [5.74, 6) is -0.463. The molecule has 1 atom stereocenters. The molecule has 0 fully saturated rings. The molecule has 3 aromatic carbocycles. The Hall–Kier alpha value is -3.36. The van der Waals surface area contributed by atoms with Gasteiger partial charge in [0.2, 0.25) is 5.91 Å². The van der Waals surface area contributed by atoms with E-state index in [4.69, 9.17) is 16.1 Å². The second-order valence-electron chi connectivity index (χ2n) is 8.37. The van der Waals surface area contributed by atoms with E-state index in [0.29, 0.717) is 34.4 Å². The van der Waals surface area contributed by atoms with Gasteiger partial charge in [-0.3, -0.25) is 19.4 Å². The number of anilines is 2. The highest BCUT2D eigenvalue weighted by Gasteiger charge is 2.36. The van der Waals surface area contributed by atoms with Crippen LogP contribution in [-0.4, -0.2) is 39.0 Å². The quantitative estimate of drug-likeness (QED) is 0.225. The van der Waals surface area contributed by atoms with Gasteiger partial charge in [-0.25, -0.2) is 4.57 Å². The van der Waals surface area contributed by atoms with E-state index in [1.807, 2.05) is 12.1 Å². The molecule has 4 aromatic rings. The zero-order valence-corrected chi connectivity index (χ0v) is 20.1. The second kappa shape index (κ2) is 8.70. The molecule has 1 aliphatic heterocycles. The number of halogens is 1. The number of phosphoric acid groups is 1. The molecule has 2 amide bonds. The minimum atomic E-state index is -4.84. The lowest BCUT2D eigenvalue weighted by Crippen LogP contribution is -2.30. The van der Waals surface area contributed by atoms with Crippen LogP contribution in [0, 0.1) is 0 Å². The molecule has 0 aliphatic carbocycles. The predicted molar refractivity (Wildman–Crippen MR) is 134 cm³/mol. The highest BCUT2D eigenvalue weighted by molar-refractivity contribution is 7.46. The lowest BCUT2D eigenvalue weighted by molar-refractivity contribution is -0.114. The van der Waals surface area contributed by atoms with Crippen molar-refractivity contribution < 1.29 is 28.5 Å². The molecule has 0 radical (unpaired) electrons. The third-order valence-electron chi connectivity index (χ3n) is 5.95. The number of benzene rings is 3. The minimum Gasteiger partial charge on any atom is -0.404 e. The first-order valence-electron chi connectivity index (χ1n) is 10.7. The number of H-pyrrole nitrogens is 1. The van der Waals surface area contributed by atoms with Gasteiger partial charge in [0.1, 0.15) is 11.4 Å². The van der Waals surface area contributed by atoms with Crippen LogP contribution in [-0.2, 0) is 9.36 Å². The Kier molecular flexibility index (Phi) is 5.81. The molecule has 35 heavy (non-hydrogen) atoms. The van der Waals surface area contributed by atoms with Crippen LogP contribution < -0.4 is 14.7 Å². The summed E-state index contributed by atoms with van der Waals surface area (Å²) in [6.45, 7) is 1.72. The monoisotopic (exact) mass is 513 g/mol. The van der Waals surface area contributed by atoms with E-state index >= 15 is 0 Å². The van der Waals surface area contributed by atoms with Crippen molar-refractivity contribution in [2.75, 3.05) is 22.6 Å². The van der Waals surface area contributed by atoms with Gasteiger partial charge in [0.05, 0.1) is 5.69 Å². The van der Waals surface area contributed by atoms with Crippen molar-refractivity contribution in [1.82, 2.24) is 4.98 Å². The van der Waals surface area contributed by atoms with Gasteiger partial charge in [0, 0.05) is 53.3 Å². The second-order valence-corrected chi connectivity index (χ2v) is 9.84. The molecule has 5 rings (SSSR count). The number of alkyl halides is 1. The number of hydrogen-bond acceptors (Lipinski definition) is 4. The first-order valence-corrected chi connectivity index (χ1v) is 12.8. The Bertz CT molecular complexity index is 1550. The summed E-state index contributed by atoms with van der Waals surface area (Å²) in [6, 6.07) is 15.5. The zero-order valence-electron chi connectivity index (χ0n) is 18.5. The standard InChI is InChI=1S/C24H21ClN3O6P/c1-13(29)26-16-6-7-19-14(8-16)9-20(27-19)24(30)28-12-15(11-25)23-18-5-3-2-4-17(18)22(10-21(23)28)34-35(31,32)33/h2-10,15,27H,11-12H2,1H3,(H,26,29)(H2,31,32,33)/t15-/m1/s1. The maximum atomic E-state index is 13.6. The normalized spacial score (nSPS) is 15.4. The van der Waals surface area contributed by atoms with Gasteiger partial charge in [0.25, 0.3) is 5.91 Å². The Labute approximate surface area is 204 Å². The number of amides is 2. The number of nitrogens with one attached hydrogen (secondary N) is 2. The van der Waals surface area contributed by atoms with Crippen molar-refractivity contribution in [3.63, 3.8) is 0 Å². The van der Waals surface area contributed by atoms with Gasteiger partial charge in [-0.15, -0.1) is 11.6 Å². The fourth-order valence-corrected chi connectivity index (χ4v) is 5.27. The van der Waals surface area contributed by atoms with E-state index in [2.05, 4.69) is 10.3 Å². The summed E-state index contributed by atoms with van der Waals surface area (Å²) < 4.78 is 16.6. The number of nitrogens with zero attached hydrogens (tertiary/aromatic N) is 1. The summed E-state index contributed by atoms with van der Waals surface area (Å²) in [4.78, 5) is 48.5. The molecule has 1 aliphatic rings. The van der Waals surface area contributed by atoms with Crippen molar-refractivity contribution in [1.29, 1.82) is 0 Å². The fraction of sp³-hybridized carbons (Fsp3) is 0.167. The third-order valence-corrected chi connectivity index (χ3v) is 6.76. The van der Waals surface area contributed by atoms with E-state index < -0.39 is 7.82 Å². The Balaban J connectivity index is 1.60. The van der Waals surface area contributed by atoms with E-state index in [0.717, 1.165) is 16.5 Å². The van der Waals surface area contributed by atoms with Gasteiger partial charge >= 0.3 is 7.82 Å². The fourth-order valence-electron chi connectivity index (χ4n) is 4.61. The molecule has 9 nitrogen and oxygen atoms in total. The van der Waals surface area contributed by atoms with Gasteiger partial charge in [-0.2, -0.15) is 0 Å². The molecule has 4 N–H and O–H groups in total. The number of aromatic nitrogens is 1. The molecule has 0 unspecified atom stereocenters. The lowest BCUT2D eigenvalue weighted by atomic mass is 9.95. The minimum absolute atomic E-state index is 0.0164. The number of carbonyl (C=O) groups excluding carboxylic acids is 2. The highest BCUT2D eigenvalue weighted by atomic mass is 35.5. The van der Waals surface area contributed by atoms with E-state index in [9.17, 15) is 23.9 Å². The smallest absolute Gasteiger partial charge is 0.404 e. The first-order chi connectivity index (χ1) is 16.6. The topological polar surface area (TPSA) is 132 Å². The van der Waals surface area contributed by atoms with Crippen LogP contribution in [0.4, 0.5) is 11.4 Å².